The monoisotopic (exact) mass is 326 g/mol. The molecule has 0 saturated heterocycles. The Bertz CT molecular complexity index is 575. The van der Waals surface area contributed by atoms with E-state index in [1.54, 1.807) is 19.2 Å². The third-order valence-electron chi connectivity index (χ3n) is 2.42. The number of hydrogen-bond donors (Lipinski definition) is 2. The summed E-state index contributed by atoms with van der Waals surface area (Å²) in [5, 5.41) is 3.78. The van der Waals surface area contributed by atoms with Crippen molar-refractivity contribution in [1.29, 1.82) is 0 Å². The predicted octanol–water partition coefficient (Wildman–Crippen LogP) is 4.44. The van der Waals surface area contributed by atoms with E-state index < -0.39 is 0 Å². The van der Waals surface area contributed by atoms with Gasteiger partial charge >= 0.3 is 0 Å². The van der Waals surface area contributed by atoms with Gasteiger partial charge in [-0.15, -0.1) is 0 Å². The van der Waals surface area contributed by atoms with Gasteiger partial charge in [0.25, 0.3) is 0 Å². The van der Waals surface area contributed by atoms with Crippen molar-refractivity contribution in [1.82, 2.24) is 0 Å². The quantitative estimate of drug-likeness (QED) is 0.819. The van der Waals surface area contributed by atoms with Crippen LogP contribution in [0, 0.1) is 0 Å². The fourth-order valence-corrected chi connectivity index (χ4v) is 2.15. The summed E-state index contributed by atoms with van der Waals surface area (Å²) in [6.45, 7) is 0. The van der Waals surface area contributed by atoms with Crippen molar-refractivity contribution in [2.24, 2.45) is 0 Å². The Labute approximate surface area is 119 Å². The van der Waals surface area contributed by atoms with Gasteiger partial charge in [0.15, 0.2) is 0 Å². The fourth-order valence-electron chi connectivity index (χ4n) is 1.56. The third kappa shape index (κ3) is 2.89. The van der Waals surface area contributed by atoms with Crippen molar-refractivity contribution < 1.29 is 4.74 Å². The van der Waals surface area contributed by atoms with E-state index in [0.717, 1.165) is 21.6 Å². The number of anilines is 3. The highest BCUT2D eigenvalue weighted by Gasteiger charge is 2.06. The zero-order valence-corrected chi connectivity index (χ0v) is 12.0. The summed E-state index contributed by atoms with van der Waals surface area (Å²) in [7, 11) is 1.62. The largest absolute Gasteiger partial charge is 0.495 e. The summed E-state index contributed by atoms with van der Waals surface area (Å²) in [6.07, 6.45) is 0. The second-order valence-corrected chi connectivity index (χ2v) is 5.03. The number of halogens is 2. The molecule has 0 fully saturated rings. The summed E-state index contributed by atoms with van der Waals surface area (Å²) < 4.78 is 6.24. The lowest BCUT2D eigenvalue weighted by molar-refractivity contribution is 0.417. The first-order valence-electron chi connectivity index (χ1n) is 5.26. The highest BCUT2D eigenvalue weighted by molar-refractivity contribution is 9.10. The zero-order chi connectivity index (χ0) is 13.1. The van der Waals surface area contributed by atoms with Crippen LogP contribution >= 0.6 is 27.5 Å². The molecule has 2 rings (SSSR count). The lowest BCUT2D eigenvalue weighted by Crippen LogP contribution is -1.96. The zero-order valence-electron chi connectivity index (χ0n) is 9.71. The highest BCUT2D eigenvalue weighted by Crippen LogP contribution is 2.33. The van der Waals surface area contributed by atoms with Crippen molar-refractivity contribution in [3.8, 4) is 5.75 Å². The van der Waals surface area contributed by atoms with E-state index in [9.17, 15) is 0 Å². The Morgan fingerprint density at radius 1 is 1.17 bits per heavy atom. The fraction of sp³-hybridized carbons (Fsp3) is 0.0769. The first kappa shape index (κ1) is 13.1. The number of hydrogen-bond acceptors (Lipinski definition) is 3. The predicted molar refractivity (Wildman–Crippen MR) is 79.8 cm³/mol. The van der Waals surface area contributed by atoms with Gasteiger partial charge in [-0.25, -0.2) is 0 Å². The van der Waals surface area contributed by atoms with Gasteiger partial charge in [-0.3, -0.25) is 0 Å². The summed E-state index contributed by atoms with van der Waals surface area (Å²) in [6, 6.07) is 11.0. The molecule has 0 aliphatic rings. The molecule has 0 aromatic heterocycles. The Morgan fingerprint density at radius 3 is 2.61 bits per heavy atom. The molecule has 0 bridgehead atoms. The molecule has 5 heteroatoms. The molecule has 0 unspecified atom stereocenters. The van der Waals surface area contributed by atoms with Crippen LogP contribution in [-0.4, -0.2) is 7.11 Å². The molecule has 0 saturated carbocycles. The number of nitrogen functional groups attached to an aromatic ring is 1. The highest BCUT2D eigenvalue weighted by atomic mass is 79.9. The normalized spacial score (nSPS) is 10.2. The molecule has 18 heavy (non-hydrogen) atoms. The minimum Gasteiger partial charge on any atom is -0.495 e. The molecule has 0 heterocycles. The van der Waals surface area contributed by atoms with Gasteiger partial charge in [-0.2, -0.15) is 0 Å². The molecule has 3 N–H and O–H groups in total. The van der Waals surface area contributed by atoms with Crippen LogP contribution < -0.4 is 15.8 Å². The Kier molecular flexibility index (Phi) is 3.99. The average Bonchev–Trinajstić information content (AvgIpc) is 2.33. The molecular weight excluding hydrogens is 316 g/mol. The summed E-state index contributed by atoms with van der Waals surface area (Å²) in [5.41, 5.74) is 7.90. The third-order valence-corrected chi connectivity index (χ3v) is 3.23. The second-order valence-electron chi connectivity index (χ2n) is 3.71. The number of ether oxygens (including phenoxy) is 1. The molecule has 0 radical (unpaired) electrons. The standard InChI is InChI=1S/C13H12BrClN2O/c1-18-13-5-2-8(14)6-12(13)17-11-4-3-9(16)7-10(11)15/h2-7,17H,16H2,1H3. The van der Waals surface area contributed by atoms with E-state index in [4.69, 9.17) is 22.1 Å². The van der Waals surface area contributed by atoms with E-state index in [-0.39, 0.29) is 0 Å². The molecule has 3 nitrogen and oxygen atoms in total. The average molecular weight is 328 g/mol. The Hall–Kier alpha value is -1.39. The molecular formula is C13H12BrClN2O. The van der Waals surface area contributed by atoms with E-state index in [2.05, 4.69) is 21.2 Å². The van der Waals surface area contributed by atoms with E-state index in [1.165, 1.54) is 0 Å². The van der Waals surface area contributed by atoms with Crippen molar-refractivity contribution in [3.63, 3.8) is 0 Å². The Morgan fingerprint density at radius 2 is 1.94 bits per heavy atom. The molecule has 0 spiro atoms. The van der Waals surface area contributed by atoms with Gasteiger partial charge < -0.3 is 15.8 Å². The van der Waals surface area contributed by atoms with Gasteiger partial charge in [0.1, 0.15) is 5.75 Å². The lowest BCUT2D eigenvalue weighted by atomic mass is 10.2. The SMILES string of the molecule is COc1ccc(Br)cc1Nc1ccc(N)cc1Cl. The van der Waals surface area contributed by atoms with Crippen LogP contribution in [0.15, 0.2) is 40.9 Å². The summed E-state index contributed by atoms with van der Waals surface area (Å²) in [4.78, 5) is 0. The molecule has 0 aliphatic carbocycles. The number of rotatable bonds is 3. The van der Waals surface area contributed by atoms with Crippen molar-refractivity contribution in [2.45, 2.75) is 0 Å². The molecule has 2 aromatic carbocycles. The van der Waals surface area contributed by atoms with Crippen LogP contribution in [0.1, 0.15) is 0 Å². The van der Waals surface area contributed by atoms with Crippen LogP contribution in [0.25, 0.3) is 0 Å². The van der Waals surface area contributed by atoms with Gasteiger partial charge in [0.2, 0.25) is 0 Å². The first-order chi connectivity index (χ1) is 8.60. The molecule has 0 amide bonds. The molecule has 2 aromatic rings. The topological polar surface area (TPSA) is 47.3 Å². The van der Waals surface area contributed by atoms with E-state index >= 15 is 0 Å². The minimum atomic E-state index is 0.567. The summed E-state index contributed by atoms with van der Waals surface area (Å²) in [5.74, 6) is 0.742. The van der Waals surface area contributed by atoms with Crippen LogP contribution in [0.4, 0.5) is 17.1 Å². The minimum absolute atomic E-state index is 0.567. The summed E-state index contributed by atoms with van der Waals surface area (Å²) >= 11 is 9.54. The molecule has 0 aliphatic heterocycles. The van der Waals surface area contributed by atoms with Gasteiger partial charge in [0, 0.05) is 10.2 Å². The maximum Gasteiger partial charge on any atom is 0.142 e. The Balaban J connectivity index is 2.36. The van der Waals surface area contributed by atoms with Crippen LogP contribution in [0.5, 0.6) is 5.75 Å². The van der Waals surface area contributed by atoms with Crippen molar-refractivity contribution >= 4 is 44.6 Å². The second kappa shape index (κ2) is 5.50. The number of nitrogens with two attached hydrogens (primary N) is 1. The van der Waals surface area contributed by atoms with Crippen LogP contribution in [0.2, 0.25) is 5.02 Å². The molecule has 0 atom stereocenters. The van der Waals surface area contributed by atoms with Gasteiger partial charge in [-0.05, 0) is 36.4 Å². The number of nitrogens with one attached hydrogen (secondary N) is 1. The number of methoxy groups -OCH3 is 1. The van der Waals surface area contributed by atoms with E-state index in [1.807, 2.05) is 24.3 Å². The maximum absolute atomic E-state index is 6.12. The molecule has 94 valence electrons. The van der Waals surface area contributed by atoms with Gasteiger partial charge in [0.05, 0.1) is 23.5 Å². The van der Waals surface area contributed by atoms with Crippen molar-refractivity contribution in [3.05, 3.63) is 45.9 Å². The van der Waals surface area contributed by atoms with Gasteiger partial charge in [-0.1, -0.05) is 27.5 Å². The van der Waals surface area contributed by atoms with Crippen LogP contribution in [0.3, 0.4) is 0 Å². The van der Waals surface area contributed by atoms with Crippen LogP contribution in [-0.2, 0) is 0 Å². The lowest BCUT2D eigenvalue weighted by Gasteiger charge is -2.13. The first-order valence-corrected chi connectivity index (χ1v) is 6.43. The maximum atomic E-state index is 6.12. The number of benzene rings is 2. The smallest absolute Gasteiger partial charge is 0.142 e. The van der Waals surface area contributed by atoms with Crippen molar-refractivity contribution in [2.75, 3.05) is 18.2 Å². The van der Waals surface area contributed by atoms with E-state index in [0.29, 0.717) is 10.7 Å².